The Hall–Kier alpha value is -0.270. The van der Waals surface area contributed by atoms with E-state index in [1.807, 2.05) is 0 Å². The summed E-state index contributed by atoms with van der Waals surface area (Å²) >= 11 is 0. The van der Waals surface area contributed by atoms with Crippen molar-refractivity contribution in [3.63, 3.8) is 0 Å². The van der Waals surface area contributed by atoms with E-state index in [1.54, 1.807) is 7.11 Å². The first-order valence-corrected chi connectivity index (χ1v) is 8.31. The Morgan fingerprint density at radius 3 is 2.59 bits per heavy atom. The number of ether oxygens (including phenoxy) is 4. The van der Waals surface area contributed by atoms with Gasteiger partial charge in [0, 0.05) is 13.7 Å². The lowest BCUT2D eigenvalue weighted by Gasteiger charge is -2.26. The molecule has 0 bridgehead atoms. The zero-order valence-electron chi connectivity index (χ0n) is 13.7. The van der Waals surface area contributed by atoms with Crippen molar-refractivity contribution in [2.45, 2.75) is 63.3 Å². The van der Waals surface area contributed by atoms with Crippen LogP contribution in [0.3, 0.4) is 0 Å². The Morgan fingerprint density at radius 2 is 1.91 bits per heavy atom. The maximum atomic E-state index is 13.1. The smallest absolute Gasteiger partial charge is 0.147 e. The van der Waals surface area contributed by atoms with Gasteiger partial charge < -0.3 is 24.1 Å². The first kappa shape index (κ1) is 19.8. The quantitative estimate of drug-likeness (QED) is 0.417. The van der Waals surface area contributed by atoms with Crippen molar-refractivity contribution in [1.29, 1.82) is 0 Å². The molecule has 0 aromatic rings. The number of alkyl halides is 1. The first-order chi connectivity index (χ1) is 10.8. The maximum Gasteiger partial charge on any atom is 0.147 e. The zero-order chi connectivity index (χ0) is 16.0. The molecule has 0 heterocycles. The lowest BCUT2D eigenvalue weighted by atomic mass is 9.96. The molecule has 0 spiro atoms. The van der Waals surface area contributed by atoms with E-state index in [1.165, 1.54) is 0 Å². The van der Waals surface area contributed by atoms with Crippen molar-refractivity contribution in [2.24, 2.45) is 0 Å². The van der Waals surface area contributed by atoms with Crippen molar-refractivity contribution in [1.82, 2.24) is 0 Å². The normalized spacial score (nSPS) is 23.6. The summed E-state index contributed by atoms with van der Waals surface area (Å²) in [6, 6.07) is 0. The van der Waals surface area contributed by atoms with Crippen molar-refractivity contribution < 1.29 is 28.4 Å². The van der Waals surface area contributed by atoms with Crippen molar-refractivity contribution in [2.75, 3.05) is 40.3 Å². The van der Waals surface area contributed by atoms with Crippen LogP contribution in [0.1, 0.15) is 44.9 Å². The standard InChI is InChI=1S/C16H31FO5/c1-19-10-11-20-13-22-16(4-2-3-9-18)12-21-15-7-5-14(17)6-8-15/h14-16,18H,2-13H2,1H3/t14?,15?,16-/m0/s1. The maximum absolute atomic E-state index is 13.1. The predicted molar refractivity (Wildman–Crippen MR) is 81.6 cm³/mol. The van der Waals surface area contributed by atoms with Crippen LogP contribution >= 0.6 is 0 Å². The van der Waals surface area contributed by atoms with E-state index in [9.17, 15) is 4.39 Å². The van der Waals surface area contributed by atoms with Gasteiger partial charge in [-0.1, -0.05) is 0 Å². The molecule has 5 nitrogen and oxygen atoms in total. The van der Waals surface area contributed by atoms with Gasteiger partial charge >= 0.3 is 0 Å². The van der Waals surface area contributed by atoms with Crippen LogP contribution in [0.15, 0.2) is 0 Å². The van der Waals surface area contributed by atoms with E-state index in [4.69, 9.17) is 24.1 Å². The van der Waals surface area contributed by atoms with Crippen LogP contribution < -0.4 is 0 Å². The van der Waals surface area contributed by atoms with Gasteiger partial charge in [-0.25, -0.2) is 4.39 Å². The van der Waals surface area contributed by atoms with Gasteiger partial charge in [0.05, 0.1) is 32.0 Å². The number of aliphatic hydroxyl groups excluding tert-OH is 1. The molecule has 0 saturated heterocycles. The third-order valence-corrected chi connectivity index (χ3v) is 3.87. The molecule has 1 aliphatic carbocycles. The highest BCUT2D eigenvalue weighted by Crippen LogP contribution is 2.23. The fourth-order valence-electron chi connectivity index (χ4n) is 2.48. The highest BCUT2D eigenvalue weighted by molar-refractivity contribution is 4.72. The topological polar surface area (TPSA) is 57.2 Å². The average molecular weight is 322 g/mol. The summed E-state index contributed by atoms with van der Waals surface area (Å²) in [6.45, 7) is 1.95. The fraction of sp³-hybridized carbons (Fsp3) is 1.00. The second-order valence-electron chi connectivity index (χ2n) is 5.73. The second-order valence-corrected chi connectivity index (χ2v) is 5.73. The van der Waals surface area contributed by atoms with Crippen molar-refractivity contribution in [3.8, 4) is 0 Å². The molecule has 0 aromatic carbocycles. The van der Waals surface area contributed by atoms with E-state index in [-0.39, 0.29) is 25.6 Å². The summed E-state index contributed by atoms with van der Waals surface area (Å²) in [4.78, 5) is 0. The third-order valence-electron chi connectivity index (χ3n) is 3.87. The molecule has 0 aromatic heterocycles. The van der Waals surface area contributed by atoms with E-state index < -0.39 is 6.17 Å². The highest BCUT2D eigenvalue weighted by Gasteiger charge is 2.22. The molecule has 1 saturated carbocycles. The highest BCUT2D eigenvalue weighted by atomic mass is 19.1. The molecular formula is C16H31FO5. The molecule has 0 unspecified atom stereocenters. The molecule has 0 aliphatic heterocycles. The van der Waals surface area contributed by atoms with Crippen molar-refractivity contribution in [3.05, 3.63) is 0 Å². The number of unbranched alkanes of at least 4 members (excludes halogenated alkanes) is 1. The van der Waals surface area contributed by atoms with Gasteiger partial charge in [0.1, 0.15) is 13.0 Å². The van der Waals surface area contributed by atoms with Gasteiger partial charge in [-0.15, -0.1) is 0 Å². The van der Waals surface area contributed by atoms with Crippen LogP contribution in [-0.2, 0) is 18.9 Å². The number of hydrogen-bond acceptors (Lipinski definition) is 5. The summed E-state index contributed by atoms with van der Waals surface area (Å²) in [5.41, 5.74) is 0. The largest absolute Gasteiger partial charge is 0.396 e. The van der Waals surface area contributed by atoms with Crippen LogP contribution in [0.5, 0.6) is 0 Å². The molecule has 0 radical (unpaired) electrons. The first-order valence-electron chi connectivity index (χ1n) is 8.31. The summed E-state index contributed by atoms with van der Waals surface area (Å²) in [6.07, 6.45) is 4.68. The minimum absolute atomic E-state index is 0.0443. The van der Waals surface area contributed by atoms with Crippen LogP contribution in [-0.4, -0.2) is 63.8 Å². The minimum Gasteiger partial charge on any atom is -0.396 e. The molecule has 22 heavy (non-hydrogen) atoms. The predicted octanol–water partition coefficient (Wildman–Crippen LogP) is 2.45. The zero-order valence-corrected chi connectivity index (χ0v) is 13.7. The van der Waals surface area contributed by atoms with Gasteiger partial charge in [-0.2, -0.15) is 0 Å². The minimum atomic E-state index is -0.661. The van der Waals surface area contributed by atoms with Crippen LogP contribution in [0.2, 0.25) is 0 Å². The Balaban J connectivity index is 2.18. The molecule has 1 rings (SSSR count). The molecule has 0 amide bonds. The third kappa shape index (κ3) is 9.69. The molecule has 1 fully saturated rings. The molecule has 1 aliphatic rings. The second kappa shape index (κ2) is 13.2. The van der Waals surface area contributed by atoms with E-state index >= 15 is 0 Å². The molecule has 1 atom stereocenters. The Bertz CT molecular complexity index is 247. The van der Waals surface area contributed by atoms with Gasteiger partial charge in [-0.05, 0) is 44.9 Å². The summed E-state index contributed by atoms with van der Waals surface area (Å²) in [5.74, 6) is 0. The van der Waals surface area contributed by atoms with Gasteiger partial charge in [0.15, 0.2) is 0 Å². The number of rotatable bonds is 13. The van der Waals surface area contributed by atoms with Crippen molar-refractivity contribution >= 4 is 0 Å². The number of halogens is 1. The SMILES string of the molecule is COCCOCO[C@@H](CCCCO)COC1CCC(F)CC1. The molecule has 1 N–H and O–H groups in total. The fourth-order valence-corrected chi connectivity index (χ4v) is 2.48. The van der Waals surface area contributed by atoms with Crippen LogP contribution in [0, 0.1) is 0 Å². The lowest BCUT2D eigenvalue weighted by molar-refractivity contribution is -0.129. The number of hydrogen-bond donors (Lipinski definition) is 1. The molecule has 6 heteroatoms. The monoisotopic (exact) mass is 322 g/mol. The van der Waals surface area contributed by atoms with Crippen LogP contribution in [0.4, 0.5) is 4.39 Å². The van der Waals surface area contributed by atoms with Crippen LogP contribution in [0.25, 0.3) is 0 Å². The summed E-state index contributed by atoms with van der Waals surface area (Å²) in [5, 5.41) is 8.86. The van der Waals surface area contributed by atoms with E-state index in [2.05, 4.69) is 0 Å². The van der Waals surface area contributed by atoms with E-state index in [0.29, 0.717) is 32.7 Å². The number of aliphatic hydroxyl groups is 1. The lowest BCUT2D eigenvalue weighted by Crippen LogP contribution is -2.28. The molecular weight excluding hydrogens is 291 g/mol. The summed E-state index contributed by atoms with van der Waals surface area (Å²) < 4.78 is 34.9. The van der Waals surface area contributed by atoms with Gasteiger partial charge in [-0.3, -0.25) is 0 Å². The Kier molecular flexibility index (Phi) is 11.9. The number of methoxy groups -OCH3 is 1. The van der Waals surface area contributed by atoms with E-state index in [0.717, 1.165) is 32.1 Å². The average Bonchev–Trinajstić information content (AvgIpc) is 2.53. The molecule has 132 valence electrons. The summed E-state index contributed by atoms with van der Waals surface area (Å²) in [7, 11) is 1.63. The van der Waals surface area contributed by atoms with Gasteiger partial charge in [0.2, 0.25) is 0 Å². The Morgan fingerprint density at radius 1 is 1.14 bits per heavy atom. The van der Waals surface area contributed by atoms with Gasteiger partial charge in [0.25, 0.3) is 0 Å². The Labute approximate surface area is 133 Å².